The lowest BCUT2D eigenvalue weighted by atomic mass is 10.0. The Bertz CT molecular complexity index is 892. The average Bonchev–Trinajstić information content (AvgIpc) is 2.74. The molecule has 1 aliphatic rings. The fourth-order valence-corrected chi connectivity index (χ4v) is 3.43. The Hall–Kier alpha value is -3.26. The number of piperidine rings is 1. The molecule has 0 spiro atoms. The van der Waals surface area contributed by atoms with Crippen LogP contribution < -0.4 is 5.32 Å². The van der Waals surface area contributed by atoms with Crippen molar-refractivity contribution in [2.24, 2.45) is 0 Å². The number of hydrogen-bond acceptors (Lipinski definition) is 6. The molecule has 2 aromatic rings. The van der Waals surface area contributed by atoms with E-state index in [9.17, 15) is 19.7 Å². The van der Waals surface area contributed by atoms with Crippen LogP contribution in [0.5, 0.6) is 0 Å². The summed E-state index contributed by atoms with van der Waals surface area (Å²) in [6.07, 6.45) is 1.58. The van der Waals surface area contributed by atoms with E-state index in [0.717, 1.165) is 38.5 Å². The van der Waals surface area contributed by atoms with E-state index in [1.165, 1.54) is 24.8 Å². The number of esters is 1. The highest BCUT2D eigenvalue weighted by Gasteiger charge is 2.23. The Kier molecular flexibility index (Phi) is 6.56. The second-order valence-electron chi connectivity index (χ2n) is 7.03. The van der Waals surface area contributed by atoms with Crippen LogP contribution >= 0.6 is 0 Å². The topological polar surface area (TPSA) is 102 Å². The van der Waals surface area contributed by atoms with Crippen molar-refractivity contribution in [1.29, 1.82) is 0 Å². The number of methoxy groups -OCH3 is 1. The van der Waals surface area contributed by atoms with Gasteiger partial charge < -0.3 is 10.1 Å². The zero-order chi connectivity index (χ0) is 20.8. The predicted molar refractivity (Wildman–Crippen MR) is 107 cm³/mol. The molecule has 1 amide bonds. The summed E-state index contributed by atoms with van der Waals surface area (Å²) >= 11 is 0. The third-order valence-corrected chi connectivity index (χ3v) is 4.98. The van der Waals surface area contributed by atoms with Crippen LogP contribution in [0, 0.1) is 10.1 Å². The highest BCUT2D eigenvalue weighted by Crippen LogP contribution is 2.19. The highest BCUT2D eigenvalue weighted by molar-refractivity contribution is 5.99. The van der Waals surface area contributed by atoms with E-state index in [-0.39, 0.29) is 22.9 Å². The van der Waals surface area contributed by atoms with Crippen molar-refractivity contribution >= 4 is 17.6 Å². The SMILES string of the molecule is COC(=O)c1cc(C(=O)NC2CCN(Cc3ccccc3)CC2)cc([N+](=O)[O-])c1. The lowest BCUT2D eigenvalue weighted by Gasteiger charge is -2.32. The zero-order valence-electron chi connectivity index (χ0n) is 16.2. The number of nitro groups is 1. The van der Waals surface area contributed by atoms with Crippen LogP contribution in [0.1, 0.15) is 39.1 Å². The van der Waals surface area contributed by atoms with Gasteiger partial charge in [0.15, 0.2) is 0 Å². The monoisotopic (exact) mass is 397 g/mol. The van der Waals surface area contributed by atoms with Crippen molar-refractivity contribution in [3.05, 3.63) is 75.3 Å². The van der Waals surface area contributed by atoms with Gasteiger partial charge in [-0.25, -0.2) is 4.79 Å². The van der Waals surface area contributed by atoms with Gasteiger partial charge in [0, 0.05) is 43.4 Å². The van der Waals surface area contributed by atoms with Crippen molar-refractivity contribution in [3.8, 4) is 0 Å². The number of carbonyl (C=O) groups excluding carboxylic acids is 2. The van der Waals surface area contributed by atoms with Crippen molar-refractivity contribution in [1.82, 2.24) is 10.2 Å². The van der Waals surface area contributed by atoms with Crippen LogP contribution in [0.15, 0.2) is 48.5 Å². The number of amides is 1. The van der Waals surface area contributed by atoms with Gasteiger partial charge in [-0.2, -0.15) is 0 Å². The quantitative estimate of drug-likeness (QED) is 0.457. The second-order valence-corrected chi connectivity index (χ2v) is 7.03. The third kappa shape index (κ3) is 5.39. The van der Waals surface area contributed by atoms with Crippen molar-refractivity contribution < 1.29 is 19.2 Å². The molecule has 8 nitrogen and oxygen atoms in total. The Balaban J connectivity index is 1.61. The molecule has 0 bridgehead atoms. The molecule has 1 N–H and O–H groups in total. The molecule has 0 unspecified atom stereocenters. The van der Waals surface area contributed by atoms with Gasteiger partial charge in [-0.05, 0) is 24.5 Å². The van der Waals surface area contributed by atoms with Crippen LogP contribution in [-0.2, 0) is 11.3 Å². The number of nitro benzene ring substituents is 1. The normalized spacial score (nSPS) is 14.9. The summed E-state index contributed by atoms with van der Waals surface area (Å²) in [5.74, 6) is -1.16. The largest absolute Gasteiger partial charge is 0.465 e. The Morgan fingerprint density at radius 3 is 2.41 bits per heavy atom. The maximum atomic E-state index is 12.6. The summed E-state index contributed by atoms with van der Waals surface area (Å²) in [5.41, 5.74) is 0.980. The molecule has 0 atom stereocenters. The van der Waals surface area contributed by atoms with Crippen LogP contribution in [0.3, 0.4) is 0 Å². The molecule has 0 radical (unpaired) electrons. The van der Waals surface area contributed by atoms with E-state index >= 15 is 0 Å². The smallest absolute Gasteiger partial charge is 0.338 e. The molecule has 152 valence electrons. The van der Waals surface area contributed by atoms with Crippen molar-refractivity contribution in [2.45, 2.75) is 25.4 Å². The van der Waals surface area contributed by atoms with Gasteiger partial charge in [-0.1, -0.05) is 30.3 Å². The first-order valence-corrected chi connectivity index (χ1v) is 9.41. The van der Waals surface area contributed by atoms with Crippen LogP contribution in [-0.4, -0.2) is 47.9 Å². The number of rotatable bonds is 6. The van der Waals surface area contributed by atoms with Crippen LogP contribution in [0.25, 0.3) is 0 Å². The molecule has 0 saturated carbocycles. The number of likely N-dealkylation sites (tertiary alicyclic amines) is 1. The van der Waals surface area contributed by atoms with E-state index in [1.54, 1.807) is 0 Å². The molecule has 3 rings (SSSR count). The van der Waals surface area contributed by atoms with E-state index in [2.05, 4.69) is 27.1 Å². The Labute approximate surface area is 168 Å². The van der Waals surface area contributed by atoms with E-state index in [4.69, 9.17) is 0 Å². The summed E-state index contributed by atoms with van der Waals surface area (Å²) < 4.78 is 4.62. The Morgan fingerprint density at radius 1 is 1.14 bits per heavy atom. The van der Waals surface area contributed by atoms with Gasteiger partial charge in [-0.3, -0.25) is 19.8 Å². The van der Waals surface area contributed by atoms with Gasteiger partial charge in [0.1, 0.15) is 0 Å². The number of benzene rings is 2. The fourth-order valence-electron chi connectivity index (χ4n) is 3.43. The standard InChI is InChI=1S/C21H23N3O5/c1-29-21(26)17-11-16(12-19(13-17)24(27)28)20(25)22-18-7-9-23(10-8-18)14-15-5-3-2-4-6-15/h2-6,11-13,18H,7-10,14H2,1H3,(H,22,25). The molecule has 1 fully saturated rings. The molecular weight excluding hydrogens is 374 g/mol. The lowest BCUT2D eigenvalue weighted by molar-refractivity contribution is -0.384. The third-order valence-electron chi connectivity index (χ3n) is 4.98. The summed E-state index contributed by atoms with van der Waals surface area (Å²) in [4.78, 5) is 37.2. The van der Waals surface area contributed by atoms with Crippen LogP contribution in [0.2, 0.25) is 0 Å². The fraction of sp³-hybridized carbons (Fsp3) is 0.333. The molecule has 0 aliphatic carbocycles. The molecule has 0 aromatic heterocycles. The second kappa shape index (κ2) is 9.29. The summed E-state index contributed by atoms with van der Waals surface area (Å²) in [6, 6.07) is 13.8. The van der Waals surface area contributed by atoms with Crippen molar-refractivity contribution in [3.63, 3.8) is 0 Å². The van der Waals surface area contributed by atoms with Gasteiger partial charge in [0.25, 0.3) is 11.6 Å². The number of ether oxygens (including phenoxy) is 1. The lowest BCUT2D eigenvalue weighted by Crippen LogP contribution is -2.44. The first-order chi connectivity index (χ1) is 14.0. The maximum Gasteiger partial charge on any atom is 0.338 e. The number of nitrogens with one attached hydrogen (secondary N) is 1. The number of carbonyl (C=O) groups is 2. The molecule has 8 heteroatoms. The summed E-state index contributed by atoms with van der Waals surface area (Å²) in [5, 5.41) is 14.1. The van der Waals surface area contributed by atoms with Gasteiger partial charge in [-0.15, -0.1) is 0 Å². The minimum absolute atomic E-state index is 0.0182. The van der Waals surface area contributed by atoms with Gasteiger partial charge in [0.2, 0.25) is 0 Å². The zero-order valence-corrected chi connectivity index (χ0v) is 16.2. The molecule has 1 heterocycles. The predicted octanol–water partition coefficient (Wildman–Crippen LogP) is 2.78. The first-order valence-electron chi connectivity index (χ1n) is 9.41. The molecule has 2 aromatic carbocycles. The Morgan fingerprint density at radius 2 is 1.79 bits per heavy atom. The van der Waals surface area contributed by atoms with Crippen LogP contribution in [0.4, 0.5) is 5.69 Å². The first kappa shape index (κ1) is 20.5. The number of non-ortho nitro benzene ring substituents is 1. The highest BCUT2D eigenvalue weighted by atomic mass is 16.6. The minimum Gasteiger partial charge on any atom is -0.465 e. The summed E-state index contributed by atoms with van der Waals surface area (Å²) in [6.45, 7) is 2.57. The maximum absolute atomic E-state index is 12.6. The molecule has 1 saturated heterocycles. The van der Waals surface area contributed by atoms with Gasteiger partial charge in [0.05, 0.1) is 17.6 Å². The summed E-state index contributed by atoms with van der Waals surface area (Å²) in [7, 11) is 1.18. The van der Waals surface area contributed by atoms with Crippen molar-refractivity contribution in [2.75, 3.05) is 20.2 Å². The van der Waals surface area contributed by atoms with E-state index in [1.807, 2.05) is 18.2 Å². The van der Waals surface area contributed by atoms with Gasteiger partial charge >= 0.3 is 5.97 Å². The molecular formula is C21H23N3O5. The molecule has 29 heavy (non-hydrogen) atoms. The molecule has 1 aliphatic heterocycles. The average molecular weight is 397 g/mol. The minimum atomic E-state index is -0.725. The van der Waals surface area contributed by atoms with E-state index in [0.29, 0.717) is 0 Å². The van der Waals surface area contributed by atoms with E-state index < -0.39 is 16.8 Å². The number of hydrogen-bond donors (Lipinski definition) is 1. The number of nitrogens with zero attached hydrogens (tertiary/aromatic N) is 2.